The van der Waals surface area contributed by atoms with Crippen molar-refractivity contribution in [3.63, 3.8) is 0 Å². The van der Waals surface area contributed by atoms with Crippen molar-refractivity contribution >= 4 is 23.6 Å². The number of carbonyl (C=O) groups excluding carboxylic acids is 4. The molecule has 162 valence electrons. The van der Waals surface area contributed by atoms with Crippen LogP contribution < -0.4 is 10.6 Å². The highest BCUT2D eigenvalue weighted by Gasteiger charge is 2.34. The van der Waals surface area contributed by atoms with Gasteiger partial charge >= 0.3 is 6.09 Å². The Labute approximate surface area is 176 Å². The molecule has 0 radical (unpaired) electrons. The molecule has 1 fully saturated rings. The van der Waals surface area contributed by atoms with Gasteiger partial charge in [-0.15, -0.1) is 0 Å². The van der Waals surface area contributed by atoms with Crippen LogP contribution in [-0.2, 0) is 25.7 Å². The van der Waals surface area contributed by atoms with E-state index in [1.165, 1.54) is 0 Å². The molecular weight excluding hydrogens is 410 g/mol. The second-order valence-corrected chi connectivity index (χ2v) is 7.12. The van der Waals surface area contributed by atoms with Crippen LogP contribution in [-0.4, -0.2) is 30.1 Å². The molecule has 2 aromatic rings. The summed E-state index contributed by atoms with van der Waals surface area (Å²) in [6.07, 6.45) is -1.09. The maximum Gasteiger partial charge on any atom is 0.408 e. The fourth-order valence-electron chi connectivity index (χ4n) is 3.29. The standard InChI is InChI=1S/C22H20F2N2O5/c23-16-8-15(9-17(24)11-16)19(18(27)10-14-6-7-25-21(29)20(14)28)26-22(30)31-12-13-4-2-1-3-5-13/h1-5,8-9,11,14,19H,6-7,10,12H2,(H,25,29)(H,26,30). The topological polar surface area (TPSA) is 102 Å². The van der Waals surface area contributed by atoms with E-state index in [-0.39, 0.29) is 31.6 Å². The molecule has 2 N–H and O–H groups in total. The molecule has 1 aliphatic heterocycles. The van der Waals surface area contributed by atoms with E-state index in [9.17, 15) is 28.0 Å². The highest BCUT2D eigenvalue weighted by Crippen LogP contribution is 2.23. The molecule has 2 atom stereocenters. The summed E-state index contributed by atoms with van der Waals surface area (Å²) in [6.45, 7) is 0.153. The van der Waals surface area contributed by atoms with Crippen LogP contribution in [0.5, 0.6) is 0 Å². The first-order valence-electron chi connectivity index (χ1n) is 9.61. The van der Waals surface area contributed by atoms with E-state index in [0.29, 0.717) is 11.6 Å². The van der Waals surface area contributed by atoms with Crippen LogP contribution in [0, 0.1) is 17.6 Å². The van der Waals surface area contributed by atoms with E-state index in [0.717, 1.165) is 12.1 Å². The van der Waals surface area contributed by atoms with Gasteiger partial charge in [0.25, 0.3) is 5.91 Å². The largest absolute Gasteiger partial charge is 0.445 e. The molecule has 2 unspecified atom stereocenters. The summed E-state index contributed by atoms with van der Waals surface area (Å²) in [5.74, 6) is -4.93. The number of benzene rings is 2. The first-order chi connectivity index (χ1) is 14.8. The number of carbonyl (C=O) groups is 4. The maximum atomic E-state index is 13.7. The number of ether oxygens (including phenoxy) is 1. The van der Waals surface area contributed by atoms with Crippen molar-refractivity contribution in [1.82, 2.24) is 10.6 Å². The Morgan fingerprint density at radius 2 is 1.77 bits per heavy atom. The van der Waals surface area contributed by atoms with Crippen molar-refractivity contribution in [2.24, 2.45) is 5.92 Å². The molecule has 0 aromatic heterocycles. The van der Waals surface area contributed by atoms with Gasteiger partial charge in [0.15, 0.2) is 5.78 Å². The molecule has 1 heterocycles. The first kappa shape index (κ1) is 22.1. The third-order valence-corrected chi connectivity index (χ3v) is 4.84. The zero-order valence-corrected chi connectivity index (χ0v) is 16.4. The van der Waals surface area contributed by atoms with Gasteiger partial charge in [-0.3, -0.25) is 14.4 Å². The van der Waals surface area contributed by atoms with Crippen LogP contribution in [0.4, 0.5) is 13.6 Å². The lowest BCUT2D eigenvalue weighted by Crippen LogP contribution is -2.44. The molecule has 3 rings (SSSR count). The van der Waals surface area contributed by atoms with Crippen LogP contribution in [0.2, 0.25) is 0 Å². The minimum absolute atomic E-state index is 0.0770. The number of rotatable bonds is 7. The highest BCUT2D eigenvalue weighted by molar-refractivity contribution is 6.37. The number of amides is 2. The highest BCUT2D eigenvalue weighted by atomic mass is 19.1. The average Bonchev–Trinajstić information content (AvgIpc) is 2.73. The zero-order valence-electron chi connectivity index (χ0n) is 16.4. The summed E-state index contributed by atoms with van der Waals surface area (Å²) in [5, 5.41) is 4.70. The van der Waals surface area contributed by atoms with Crippen molar-refractivity contribution in [2.75, 3.05) is 6.54 Å². The lowest BCUT2D eigenvalue weighted by Gasteiger charge is -2.23. The Morgan fingerprint density at radius 3 is 2.45 bits per heavy atom. The average molecular weight is 430 g/mol. The van der Waals surface area contributed by atoms with E-state index < -0.39 is 47.2 Å². The number of ketones is 2. The number of alkyl carbamates (subject to hydrolysis) is 1. The van der Waals surface area contributed by atoms with Crippen molar-refractivity contribution < 1.29 is 32.7 Å². The summed E-state index contributed by atoms with van der Waals surface area (Å²) in [4.78, 5) is 48.7. The van der Waals surface area contributed by atoms with Gasteiger partial charge in [-0.2, -0.15) is 0 Å². The van der Waals surface area contributed by atoms with Gasteiger partial charge in [-0.05, 0) is 29.7 Å². The summed E-state index contributed by atoms with van der Waals surface area (Å²) in [7, 11) is 0. The quantitative estimate of drug-likeness (QED) is 0.658. The number of piperidine rings is 1. The molecule has 1 aliphatic rings. The fraction of sp³-hybridized carbons (Fsp3) is 0.273. The Hall–Kier alpha value is -3.62. The minimum Gasteiger partial charge on any atom is -0.445 e. The van der Waals surface area contributed by atoms with Gasteiger partial charge in [0, 0.05) is 24.9 Å². The SMILES string of the molecule is O=C(NC(C(=O)CC1CCNC(=O)C1=O)c1cc(F)cc(F)c1)OCc1ccccc1. The Kier molecular flexibility index (Phi) is 7.07. The Balaban J connectivity index is 1.75. The third kappa shape index (κ3) is 5.94. The van der Waals surface area contributed by atoms with E-state index in [1.54, 1.807) is 30.3 Å². The van der Waals surface area contributed by atoms with Crippen molar-refractivity contribution in [3.8, 4) is 0 Å². The van der Waals surface area contributed by atoms with Crippen molar-refractivity contribution in [1.29, 1.82) is 0 Å². The summed E-state index contributed by atoms with van der Waals surface area (Å²) in [5.41, 5.74) is 0.572. The molecule has 0 spiro atoms. The van der Waals surface area contributed by atoms with Gasteiger partial charge in [0.2, 0.25) is 5.78 Å². The number of hydrogen-bond acceptors (Lipinski definition) is 5. The smallest absolute Gasteiger partial charge is 0.408 e. The minimum atomic E-state index is -1.45. The normalized spacial score (nSPS) is 16.9. The van der Waals surface area contributed by atoms with Crippen LogP contribution in [0.1, 0.15) is 30.0 Å². The van der Waals surface area contributed by atoms with Crippen LogP contribution in [0.15, 0.2) is 48.5 Å². The second-order valence-electron chi connectivity index (χ2n) is 7.12. The fourth-order valence-corrected chi connectivity index (χ4v) is 3.29. The molecule has 9 heteroatoms. The van der Waals surface area contributed by atoms with E-state index in [2.05, 4.69) is 10.6 Å². The molecular formula is C22H20F2N2O5. The summed E-state index contributed by atoms with van der Waals surface area (Å²) >= 11 is 0. The summed E-state index contributed by atoms with van der Waals surface area (Å²) < 4.78 is 32.6. The lowest BCUT2D eigenvalue weighted by molar-refractivity contribution is -0.143. The molecule has 0 aliphatic carbocycles. The van der Waals surface area contributed by atoms with Gasteiger partial charge in [-0.1, -0.05) is 30.3 Å². The summed E-state index contributed by atoms with van der Waals surface area (Å²) in [6, 6.07) is 9.79. The van der Waals surface area contributed by atoms with Gasteiger partial charge < -0.3 is 15.4 Å². The monoisotopic (exact) mass is 430 g/mol. The molecule has 2 amide bonds. The zero-order chi connectivity index (χ0) is 22.4. The van der Waals surface area contributed by atoms with Crippen molar-refractivity contribution in [2.45, 2.75) is 25.5 Å². The van der Waals surface area contributed by atoms with Crippen LogP contribution in [0.3, 0.4) is 0 Å². The maximum absolute atomic E-state index is 13.7. The van der Waals surface area contributed by atoms with E-state index in [4.69, 9.17) is 4.74 Å². The predicted octanol–water partition coefficient (Wildman–Crippen LogP) is 2.60. The molecule has 0 saturated carbocycles. The molecule has 1 saturated heterocycles. The number of nitrogens with one attached hydrogen (secondary N) is 2. The second kappa shape index (κ2) is 9.92. The Bertz CT molecular complexity index is 976. The Morgan fingerprint density at radius 1 is 1.10 bits per heavy atom. The van der Waals surface area contributed by atoms with E-state index >= 15 is 0 Å². The molecule has 31 heavy (non-hydrogen) atoms. The van der Waals surface area contributed by atoms with E-state index in [1.807, 2.05) is 0 Å². The van der Waals surface area contributed by atoms with Crippen LogP contribution >= 0.6 is 0 Å². The number of halogens is 2. The number of hydrogen-bond donors (Lipinski definition) is 2. The van der Waals surface area contributed by atoms with Crippen molar-refractivity contribution in [3.05, 3.63) is 71.3 Å². The first-order valence-corrected chi connectivity index (χ1v) is 9.61. The molecule has 2 aromatic carbocycles. The van der Waals surface area contributed by atoms with Crippen LogP contribution in [0.25, 0.3) is 0 Å². The lowest BCUT2D eigenvalue weighted by atomic mass is 9.87. The van der Waals surface area contributed by atoms with Gasteiger partial charge in [0.05, 0.1) is 0 Å². The third-order valence-electron chi connectivity index (χ3n) is 4.84. The van der Waals surface area contributed by atoms with Gasteiger partial charge in [-0.25, -0.2) is 13.6 Å². The number of Topliss-reactive ketones (excluding diaryl/α,β-unsaturated/α-hetero) is 2. The molecule has 0 bridgehead atoms. The van der Waals surface area contributed by atoms with Gasteiger partial charge in [0.1, 0.15) is 24.3 Å². The molecule has 7 nitrogen and oxygen atoms in total. The predicted molar refractivity (Wildman–Crippen MR) is 105 cm³/mol.